The van der Waals surface area contributed by atoms with Crippen LogP contribution in [0.25, 0.3) is 0 Å². The Balaban J connectivity index is 2.98. The molecular weight excluding hydrogens is 293 g/mol. The van der Waals surface area contributed by atoms with Gasteiger partial charge in [-0.25, -0.2) is 4.79 Å². The Morgan fingerprint density at radius 1 is 1.38 bits per heavy atom. The Kier molecular flexibility index (Phi) is 5.12. The van der Waals surface area contributed by atoms with Gasteiger partial charge in [0.05, 0.1) is 0 Å². The van der Waals surface area contributed by atoms with Gasteiger partial charge in [0.2, 0.25) is 0 Å². The molecule has 1 unspecified atom stereocenters. The third-order valence-corrected chi connectivity index (χ3v) is 2.64. The van der Waals surface area contributed by atoms with E-state index >= 15 is 0 Å². The van der Waals surface area contributed by atoms with Crippen LogP contribution in [0.3, 0.4) is 0 Å². The first-order valence-electron chi connectivity index (χ1n) is 6.01. The van der Waals surface area contributed by atoms with Crippen molar-refractivity contribution in [3.63, 3.8) is 0 Å². The Morgan fingerprint density at radius 2 is 2.00 bits per heavy atom. The minimum atomic E-state index is -4.74. The third-order valence-electron chi connectivity index (χ3n) is 2.64. The van der Waals surface area contributed by atoms with Gasteiger partial charge in [0.15, 0.2) is 0 Å². The number of hydrogen-bond acceptors (Lipinski definition) is 3. The molecule has 0 spiro atoms. The van der Waals surface area contributed by atoms with Crippen molar-refractivity contribution in [1.82, 2.24) is 10.3 Å². The Morgan fingerprint density at radius 3 is 2.43 bits per heavy atom. The fourth-order valence-corrected chi connectivity index (χ4v) is 1.60. The lowest BCUT2D eigenvalue weighted by molar-refractivity contribution is -0.141. The number of carboxylic acids is 1. The topological polar surface area (TPSA) is 99.3 Å². The van der Waals surface area contributed by atoms with Crippen LogP contribution in [0.2, 0.25) is 0 Å². The predicted molar refractivity (Wildman–Crippen MR) is 65.9 cm³/mol. The second-order valence-corrected chi connectivity index (χ2v) is 4.27. The molecule has 6 nitrogen and oxygen atoms in total. The standard InChI is InChI=1S/C12H13F3N2O4/c1-2-3-7(11(20)21)16-9(18)6-4-5-8(12(13,14)15)17-10(6)19/h4-5,7H,2-3H2,1H3,(H,16,18)(H,17,19)(H,20,21). The molecule has 3 N–H and O–H groups in total. The first-order valence-corrected chi connectivity index (χ1v) is 6.01. The molecule has 0 aromatic carbocycles. The number of aromatic nitrogens is 1. The molecule has 0 saturated heterocycles. The summed E-state index contributed by atoms with van der Waals surface area (Å²) in [5, 5.41) is 11.0. The number of halogens is 3. The van der Waals surface area contributed by atoms with E-state index in [0.717, 1.165) is 0 Å². The van der Waals surface area contributed by atoms with Gasteiger partial charge < -0.3 is 15.4 Å². The van der Waals surface area contributed by atoms with Crippen LogP contribution >= 0.6 is 0 Å². The molecule has 1 amide bonds. The highest BCUT2D eigenvalue weighted by molar-refractivity contribution is 5.96. The zero-order valence-corrected chi connectivity index (χ0v) is 11.0. The first kappa shape index (κ1) is 16.7. The average molecular weight is 306 g/mol. The molecule has 0 bridgehead atoms. The Labute approximate surface area is 117 Å². The molecule has 0 aliphatic heterocycles. The number of nitrogens with one attached hydrogen (secondary N) is 2. The molecule has 1 aromatic heterocycles. The molecule has 1 aromatic rings. The van der Waals surface area contributed by atoms with Gasteiger partial charge in [-0.05, 0) is 18.6 Å². The molecule has 0 aliphatic carbocycles. The van der Waals surface area contributed by atoms with E-state index in [0.29, 0.717) is 18.6 Å². The van der Waals surface area contributed by atoms with Crippen LogP contribution in [-0.2, 0) is 11.0 Å². The summed E-state index contributed by atoms with van der Waals surface area (Å²) in [7, 11) is 0. The molecule has 1 rings (SSSR count). The van der Waals surface area contributed by atoms with E-state index in [1.807, 2.05) is 0 Å². The SMILES string of the molecule is CCCC(NC(=O)c1ccc(C(F)(F)F)[nH]c1=O)C(=O)O. The van der Waals surface area contributed by atoms with Crippen LogP contribution in [0.5, 0.6) is 0 Å². The van der Waals surface area contributed by atoms with E-state index in [9.17, 15) is 27.6 Å². The highest BCUT2D eigenvalue weighted by Crippen LogP contribution is 2.26. The van der Waals surface area contributed by atoms with Crippen molar-refractivity contribution in [2.24, 2.45) is 0 Å². The second kappa shape index (κ2) is 6.42. The zero-order valence-electron chi connectivity index (χ0n) is 11.0. The van der Waals surface area contributed by atoms with E-state index < -0.39 is 40.9 Å². The van der Waals surface area contributed by atoms with Gasteiger partial charge in [-0.15, -0.1) is 0 Å². The monoisotopic (exact) mass is 306 g/mol. The number of rotatable bonds is 5. The van der Waals surface area contributed by atoms with Crippen molar-refractivity contribution in [1.29, 1.82) is 0 Å². The summed E-state index contributed by atoms with van der Waals surface area (Å²) in [4.78, 5) is 35.6. The van der Waals surface area contributed by atoms with Crippen LogP contribution in [-0.4, -0.2) is 28.0 Å². The fourth-order valence-electron chi connectivity index (χ4n) is 1.60. The van der Waals surface area contributed by atoms with Crippen LogP contribution < -0.4 is 10.9 Å². The highest BCUT2D eigenvalue weighted by atomic mass is 19.4. The Hall–Kier alpha value is -2.32. The number of aromatic amines is 1. The molecule has 0 fully saturated rings. The van der Waals surface area contributed by atoms with Crippen molar-refractivity contribution in [2.75, 3.05) is 0 Å². The van der Waals surface area contributed by atoms with Gasteiger partial charge in [-0.2, -0.15) is 13.2 Å². The van der Waals surface area contributed by atoms with Crippen molar-refractivity contribution >= 4 is 11.9 Å². The lowest BCUT2D eigenvalue weighted by Crippen LogP contribution is -2.42. The van der Waals surface area contributed by atoms with E-state index in [4.69, 9.17) is 5.11 Å². The Bertz CT molecular complexity index is 595. The summed E-state index contributed by atoms with van der Waals surface area (Å²) in [6.07, 6.45) is -4.12. The molecule has 21 heavy (non-hydrogen) atoms. The van der Waals surface area contributed by atoms with Gasteiger partial charge in [0, 0.05) is 0 Å². The summed E-state index contributed by atoms with van der Waals surface area (Å²) in [6, 6.07) is 0.0532. The summed E-state index contributed by atoms with van der Waals surface area (Å²) >= 11 is 0. The number of hydrogen-bond donors (Lipinski definition) is 3. The van der Waals surface area contributed by atoms with Gasteiger partial charge >= 0.3 is 12.1 Å². The van der Waals surface area contributed by atoms with Crippen LogP contribution in [0.15, 0.2) is 16.9 Å². The minimum absolute atomic E-state index is 0.139. The number of aliphatic carboxylic acids is 1. The van der Waals surface area contributed by atoms with Crippen molar-refractivity contribution in [3.05, 3.63) is 33.7 Å². The lowest BCUT2D eigenvalue weighted by atomic mass is 10.1. The van der Waals surface area contributed by atoms with Crippen LogP contribution in [0.1, 0.15) is 35.8 Å². The van der Waals surface area contributed by atoms with E-state index in [2.05, 4.69) is 5.32 Å². The average Bonchev–Trinajstić information content (AvgIpc) is 2.36. The second-order valence-electron chi connectivity index (χ2n) is 4.27. The number of carboxylic acid groups (broad SMARTS) is 1. The maximum Gasteiger partial charge on any atom is 0.431 e. The highest BCUT2D eigenvalue weighted by Gasteiger charge is 2.32. The fraction of sp³-hybridized carbons (Fsp3) is 0.417. The zero-order chi connectivity index (χ0) is 16.2. The molecule has 1 heterocycles. The smallest absolute Gasteiger partial charge is 0.431 e. The normalized spacial score (nSPS) is 12.8. The van der Waals surface area contributed by atoms with Gasteiger partial charge in [0.25, 0.3) is 11.5 Å². The van der Waals surface area contributed by atoms with Crippen LogP contribution in [0.4, 0.5) is 13.2 Å². The largest absolute Gasteiger partial charge is 0.480 e. The summed E-state index contributed by atoms with van der Waals surface area (Å²) in [5.41, 5.74) is -3.10. The maximum absolute atomic E-state index is 12.4. The number of pyridine rings is 1. The first-order chi connectivity index (χ1) is 9.66. The van der Waals surface area contributed by atoms with E-state index in [-0.39, 0.29) is 6.42 Å². The van der Waals surface area contributed by atoms with E-state index in [1.54, 1.807) is 11.9 Å². The van der Waals surface area contributed by atoms with Gasteiger partial charge in [-0.3, -0.25) is 9.59 Å². The number of H-pyrrole nitrogens is 1. The number of alkyl halides is 3. The number of amides is 1. The minimum Gasteiger partial charge on any atom is -0.480 e. The lowest BCUT2D eigenvalue weighted by Gasteiger charge is -2.13. The molecule has 9 heteroatoms. The quantitative estimate of drug-likeness (QED) is 0.765. The number of carbonyl (C=O) groups excluding carboxylic acids is 1. The third kappa shape index (κ3) is 4.33. The molecule has 0 aliphatic rings. The predicted octanol–water partition coefficient (Wildman–Crippen LogP) is 1.38. The molecule has 116 valence electrons. The van der Waals surface area contributed by atoms with Crippen molar-refractivity contribution in [2.45, 2.75) is 32.0 Å². The van der Waals surface area contributed by atoms with E-state index in [1.165, 1.54) is 0 Å². The summed E-state index contributed by atoms with van der Waals surface area (Å²) in [5.74, 6) is -2.32. The van der Waals surface area contributed by atoms with Gasteiger partial charge in [-0.1, -0.05) is 13.3 Å². The molecule has 0 saturated carbocycles. The molecular formula is C12H13F3N2O4. The summed E-state index contributed by atoms with van der Waals surface area (Å²) in [6.45, 7) is 1.70. The van der Waals surface area contributed by atoms with Crippen LogP contribution in [0, 0.1) is 0 Å². The van der Waals surface area contributed by atoms with Crippen molar-refractivity contribution < 1.29 is 27.9 Å². The number of carbonyl (C=O) groups is 2. The maximum atomic E-state index is 12.4. The molecule has 1 atom stereocenters. The summed E-state index contributed by atoms with van der Waals surface area (Å²) < 4.78 is 37.1. The van der Waals surface area contributed by atoms with Crippen molar-refractivity contribution in [3.8, 4) is 0 Å². The van der Waals surface area contributed by atoms with Gasteiger partial charge in [0.1, 0.15) is 17.3 Å². The molecule has 0 radical (unpaired) electrons.